The average Bonchev–Trinajstić information content (AvgIpc) is 2.30. The van der Waals surface area contributed by atoms with Gasteiger partial charge in [-0.2, -0.15) is 4.98 Å². The summed E-state index contributed by atoms with van der Waals surface area (Å²) in [5, 5.41) is 0. The van der Waals surface area contributed by atoms with Crippen molar-refractivity contribution in [2.45, 2.75) is 0 Å². The number of aryl methyl sites for hydroxylation is 1. The Kier molecular flexibility index (Phi) is 1.06. The van der Waals surface area contributed by atoms with E-state index in [1.54, 1.807) is 7.05 Å². The Morgan fingerprint density at radius 2 is 2.45 bits per heavy atom. The topological polar surface area (TPSA) is 60.9 Å². The van der Waals surface area contributed by atoms with Gasteiger partial charge in [0.1, 0.15) is 11.8 Å². The summed E-state index contributed by atoms with van der Waals surface area (Å²) >= 11 is 0. The van der Waals surface area contributed by atoms with E-state index in [2.05, 4.69) is 9.97 Å². The van der Waals surface area contributed by atoms with Gasteiger partial charge in [0, 0.05) is 7.05 Å². The summed E-state index contributed by atoms with van der Waals surface area (Å²) in [7, 11) is 1.61. The van der Waals surface area contributed by atoms with Crippen LogP contribution in [0.15, 0.2) is 21.7 Å². The summed E-state index contributed by atoms with van der Waals surface area (Å²) in [5.74, 6) is -0.416. The molecule has 0 fully saturated rings. The van der Waals surface area contributed by atoms with Crippen LogP contribution in [-0.2, 0) is 7.05 Å². The van der Waals surface area contributed by atoms with Gasteiger partial charge in [-0.3, -0.25) is 4.57 Å². The molecule has 5 nitrogen and oxygen atoms in total. The van der Waals surface area contributed by atoms with Crippen molar-refractivity contribution in [2.24, 2.45) is 7.05 Å². The van der Waals surface area contributed by atoms with Gasteiger partial charge in [0.2, 0.25) is 0 Å². The van der Waals surface area contributed by atoms with Crippen molar-refractivity contribution in [3.8, 4) is 0 Å². The maximum atomic E-state index is 10.9. The monoisotopic (exact) mass is 151 g/mol. The third-order valence-corrected chi connectivity index (χ3v) is 1.48. The third kappa shape index (κ3) is 0.739. The molecular formula is C6H5N3O2. The second-order valence-corrected chi connectivity index (χ2v) is 2.14. The highest BCUT2D eigenvalue weighted by molar-refractivity contribution is 5.66. The first-order chi connectivity index (χ1) is 5.29. The molecule has 0 saturated heterocycles. The standard InChI is InChI=1S/C6H5N3O2/c1-9-4-2-7-3-8-5(4)11-6(9)10/h2-3H,1H3. The fraction of sp³-hybridized carbons (Fsp3) is 0.167. The van der Waals surface area contributed by atoms with Gasteiger partial charge in [-0.15, -0.1) is 0 Å². The summed E-state index contributed by atoms with van der Waals surface area (Å²) in [6.45, 7) is 0. The molecule has 2 aromatic rings. The maximum absolute atomic E-state index is 10.9. The van der Waals surface area contributed by atoms with Crippen molar-refractivity contribution in [3.05, 3.63) is 23.1 Å². The first kappa shape index (κ1) is 6.09. The van der Waals surface area contributed by atoms with Crippen LogP contribution in [0.25, 0.3) is 11.2 Å². The van der Waals surface area contributed by atoms with Crippen molar-refractivity contribution in [1.29, 1.82) is 0 Å². The molecule has 5 heteroatoms. The molecule has 0 radical (unpaired) electrons. The van der Waals surface area contributed by atoms with Crippen molar-refractivity contribution in [1.82, 2.24) is 14.5 Å². The molecule has 2 aromatic heterocycles. The number of rotatable bonds is 0. The Morgan fingerprint density at radius 3 is 3.18 bits per heavy atom. The minimum Gasteiger partial charge on any atom is -0.388 e. The van der Waals surface area contributed by atoms with Crippen LogP contribution in [0.1, 0.15) is 0 Å². The maximum Gasteiger partial charge on any atom is 0.421 e. The number of nitrogens with zero attached hydrogens (tertiary/aromatic N) is 3. The van der Waals surface area contributed by atoms with Gasteiger partial charge in [-0.05, 0) is 0 Å². The van der Waals surface area contributed by atoms with Gasteiger partial charge in [0.15, 0.2) is 0 Å². The van der Waals surface area contributed by atoms with Crippen LogP contribution in [0.5, 0.6) is 0 Å². The zero-order chi connectivity index (χ0) is 7.84. The van der Waals surface area contributed by atoms with Crippen LogP contribution < -0.4 is 5.76 Å². The van der Waals surface area contributed by atoms with E-state index >= 15 is 0 Å². The molecule has 56 valence electrons. The summed E-state index contributed by atoms with van der Waals surface area (Å²) in [4.78, 5) is 18.4. The summed E-state index contributed by atoms with van der Waals surface area (Å²) < 4.78 is 6.11. The lowest BCUT2D eigenvalue weighted by molar-refractivity contribution is 0.520. The van der Waals surface area contributed by atoms with Gasteiger partial charge in [0.05, 0.1) is 6.20 Å². The Morgan fingerprint density at radius 1 is 1.64 bits per heavy atom. The van der Waals surface area contributed by atoms with Crippen LogP contribution >= 0.6 is 0 Å². The number of fused-ring (bicyclic) bond motifs is 1. The average molecular weight is 151 g/mol. The van der Waals surface area contributed by atoms with E-state index in [1.165, 1.54) is 17.1 Å². The Hall–Kier alpha value is -1.65. The van der Waals surface area contributed by atoms with E-state index in [9.17, 15) is 4.79 Å². The Balaban J connectivity index is 3.04. The zero-order valence-corrected chi connectivity index (χ0v) is 5.81. The lowest BCUT2D eigenvalue weighted by Crippen LogP contribution is -2.08. The molecule has 2 rings (SSSR count). The van der Waals surface area contributed by atoms with Gasteiger partial charge < -0.3 is 4.42 Å². The van der Waals surface area contributed by atoms with Crippen molar-refractivity contribution in [2.75, 3.05) is 0 Å². The lowest BCUT2D eigenvalue weighted by atomic mass is 10.6. The van der Waals surface area contributed by atoms with Gasteiger partial charge >= 0.3 is 5.76 Å². The van der Waals surface area contributed by atoms with E-state index in [0.717, 1.165) is 0 Å². The van der Waals surface area contributed by atoms with Crippen LogP contribution in [0.4, 0.5) is 0 Å². The van der Waals surface area contributed by atoms with Crippen LogP contribution in [0, 0.1) is 0 Å². The van der Waals surface area contributed by atoms with Crippen molar-refractivity contribution < 1.29 is 4.42 Å². The number of hydrogen-bond acceptors (Lipinski definition) is 4. The van der Waals surface area contributed by atoms with Gasteiger partial charge in [0.25, 0.3) is 5.71 Å². The zero-order valence-electron chi connectivity index (χ0n) is 5.81. The Bertz CT molecular complexity index is 442. The van der Waals surface area contributed by atoms with E-state index in [0.29, 0.717) is 11.2 Å². The SMILES string of the molecule is Cn1c(=O)oc2ncncc21. The highest BCUT2D eigenvalue weighted by Crippen LogP contribution is 2.03. The van der Waals surface area contributed by atoms with Crippen molar-refractivity contribution >= 4 is 11.2 Å². The molecule has 0 aliphatic rings. The molecule has 0 aromatic carbocycles. The molecule has 0 aliphatic carbocycles. The highest BCUT2D eigenvalue weighted by Gasteiger charge is 2.04. The number of oxazole rings is 1. The second kappa shape index (κ2) is 1.91. The fourth-order valence-electron chi connectivity index (χ4n) is 0.869. The number of aromatic nitrogens is 3. The highest BCUT2D eigenvalue weighted by atomic mass is 16.4. The van der Waals surface area contributed by atoms with E-state index in [1.807, 2.05) is 0 Å². The predicted molar refractivity (Wildman–Crippen MR) is 37.0 cm³/mol. The Labute approximate surface area is 61.3 Å². The molecule has 0 atom stereocenters. The first-order valence-corrected chi connectivity index (χ1v) is 3.04. The van der Waals surface area contributed by atoms with Crippen molar-refractivity contribution in [3.63, 3.8) is 0 Å². The van der Waals surface area contributed by atoms with Crippen LogP contribution in [0.3, 0.4) is 0 Å². The third-order valence-electron chi connectivity index (χ3n) is 1.48. The summed E-state index contributed by atoms with van der Waals surface area (Å²) in [6.07, 6.45) is 2.87. The quantitative estimate of drug-likeness (QED) is 0.528. The van der Waals surface area contributed by atoms with E-state index in [4.69, 9.17) is 4.42 Å². The molecular weight excluding hydrogens is 146 g/mol. The second-order valence-electron chi connectivity index (χ2n) is 2.14. The minimum atomic E-state index is -0.416. The number of hydrogen-bond donors (Lipinski definition) is 0. The predicted octanol–water partition coefficient (Wildman–Crippen LogP) is -0.0785. The first-order valence-electron chi connectivity index (χ1n) is 3.04. The summed E-state index contributed by atoms with van der Waals surface area (Å²) in [6, 6.07) is 0. The molecule has 0 unspecified atom stereocenters. The molecule has 0 N–H and O–H groups in total. The molecule has 0 aliphatic heterocycles. The largest absolute Gasteiger partial charge is 0.421 e. The van der Waals surface area contributed by atoms with Gasteiger partial charge in [-0.25, -0.2) is 9.78 Å². The minimum absolute atomic E-state index is 0.326. The van der Waals surface area contributed by atoms with E-state index in [-0.39, 0.29) is 0 Å². The fourth-order valence-corrected chi connectivity index (χ4v) is 0.869. The molecule has 11 heavy (non-hydrogen) atoms. The summed E-state index contributed by atoms with van der Waals surface area (Å²) in [5.41, 5.74) is 0.935. The molecule has 0 amide bonds. The smallest absolute Gasteiger partial charge is 0.388 e. The molecule has 2 heterocycles. The van der Waals surface area contributed by atoms with Crippen LogP contribution in [-0.4, -0.2) is 14.5 Å². The normalized spacial score (nSPS) is 10.6. The lowest BCUT2D eigenvalue weighted by Gasteiger charge is -1.85. The molecule has 0 bridgehead atoms. The molecule has 0 spiro atoms. The van der Waals surface area contributed by atoms with Gasteiger partial charge in [-0.1, -0.05) is 0 Å². The van der Waals surface area contributed by atoms with E-state index < -0.39 is 5.76 Å². The molecule has 0 saturated carbocycles. The van der Waals surface area contributed by atoms with Crippen LogP contribution in [0.2, 0.25) is 0 Å².